The first-order valence-corrected chi connectivity index (χ1v) is 16.6. The quantitative estimate of drug-likeness (QED) is 0.0733. The highest BCUT2D eigenvalue weighted by atomic mass is 16.6. The summed E-state index contributed by atoms with van der Waals surface area (Å²) in [5.74, 6) is -0.163. The lowest BCUT2D eigenvalue weighted by Gasteiger charge is -2.24. The van der Waals surface area contributed by atoms with Gasteiger partial charge in [-0.15, -0.1) is 0 Å². The number of carbonyl (C=O) groups excluding carboxylic acids is 2. The van der Waals surface area contributed by atoms with Gasteiger partial charge < -0.3 is 57.0 Å². The van der Waals surface area contributed by atoms with Gasteiger partial charge in [-0.2, -0.15) is 0 Å². The van der Waals surface area contributed by atoms with Crippen LogP contribution in [0.1, 0.15) is 53.4 Å². The van der Waals surface area contributed by atoms with Crippen LogP contribution in [0, 0.1) is 0 Å². The molecule has 0 aromatic rings. The van der Waals surface area contributed by atoms with Crippen LogP contribution in [0.25, 0.3) is 0 Å². The summed E-state index contributed by atoms with van der Waals surface area (Å²) in [5.41, 5.74) is -0.511. The van der Waals surface area contributed by atoms with Crippen LogP contribution in [0.5, 0.6) is 0 Å². The Labute approximate surface area is 276 Å². The van der Waals surface area contributed by atoms with Crippen LogP contribution in [0.2, 0.25) is 0 Å². The summed E-state index contributed by atoms with van der Waals surface area (Å²) in [7, 11) is 1.68. The Kier molecular flexibility index (Phi) is 32.1. The third-order valence-electron chi connectivity index (χ3n) is 5.73. The van der Waals surface area contributed by atoms with Crippen molar-refractivity contribution in [3.05, 3.63) is 0 Å². The van der Waals surface area contributed by atoms with Gasteiger partial charge in [-0.1, -0.05) is 19.8 Å². The van der Waals surface area contributed by atoms with Crippen molar-refractivity contribution in [3.8, 4) is 0 Å². The average molecular weight is 670 g/mol. The minimum atomic E-state index is -0.511. The molecular formula is C32H63NO13. The van der Waals surface area contributed by atoms with E-state index in [1.54, 1.807) is 7.05 Å². The summed E-state index contributed by atoms with van der Waals surface area (Å²) in [6.45, 7) is 16.7. The zero-order valence-electron chi connectivity index (χ0n) is 29.2. The molecule has 14 heteroatoms. The highest BCUT2D eigenvalue weighted by Gasteiger charge is 2.19. The molecule has 0 rings (SSSR count). The van der Waals surface area contributed by atoms with E-state index in [0.717, 1.165) is 19.3 Å². The van der Waals surface area contributed by atoms with Crippen LogP contribution < -0.4 is 0 Å². The van der Waals surface area contributed by atoms with Crippen molar-refractivity contribution in [2.75, 3.05) is 139 Å². The number of esters is 1. The second-order valence-electron chi connectivity index (χ2n) is 11.1. The molecule has 46 heavy (non-hydrogen) atoms. The van der Waals surface area contributed by atoms with Crippen molar-refractivity contribution in [2.45, 2.75) is 59.0 Å². The van der Waals surface area contributed by atoms with E-state index < -0.39 is 5.60 Å². The molecule has 1 amide bonds. The molecule has 274 valence electrons. The van der Waals surface area contributed by atoms with Crippen molar-refractivity contribution < 1.29 is 61.7 Å². The fourth-order valence-electron chi connectivity index (χ4n) is 3.30. The molecule has 0 aromatic carbocycles. The maximum Gasteiger partial charge on any atom is 0.410 e. The molecule has 0 aliphatic heterocycles. The lowest BCUT2D eigenvalue weighted by molar-refractivity contribution is -0.145. The molecule has 0 N–H and O–H groups in total. The average Bonchev–Trinajstić information content (AvgIpc) is 3.01. The molecule has 0 saturated carbocycles. The molecular weight excluding hydrogens is 606 g/mol. The van der Waals surface area contributed by atoms with Crippen LogP contribution in [0.15, 0.2) is 0 Å². The van der Waals surface area contributed by atoms with E-state index in [9.17, 15) is 9.59 Å². The summed E-state index contributed by atoms with van der Waals surface area (Å²) >= 11 is 0. The SMILES string of the molecule is CCCCCC(=O)OCCOCCOCCOCCOCCOCCOCCOCCOCCOCCN(C)C(=O)OC(C)(C)C. The van der Waals surface area contributed by atoms with Crippen LogP contribution >= 0.6 is 0 Å². The zero-order chi connectivity index (χ0) is 34.0. The third kappa shape index (κ3) is 35.2. The molecule has 14 nitrogen and oxygen atoms in total. The van der Waals surface area contributed by atoms with Crippen LogP contribution in [-0.4, -0.2) is 162 Å². The number of unbranched alkanes of at least 4 members (excludes halogenated alkanes) is 2. The van der Waals surface area contributed by atoms with Gasteiger partial charge in [0.15, 0.2) is 0 Å². The fraction of sp³-hybridized carbons (Fsp3) is 0.938. The standard InChI is InChI=1S/C32H63NO13/c1-6-7-8-9-30(34)45-29-28-44-27-26-43-25-24-42-23-22-41-21-20-40-19-18-39-17-16-38-15-14-37-13-12-36-11-10-33(5)31(35)46-32(2,3)4/h6-29H2,1-5H3. The number of hydrogen-bond donors (Lipinski definition) is 0. The maximum absolute atomic E-state index is 11.8. The molecule has 0 aromatic heterocycles. The summed E-state index contributed by atoms with van der Waals surface area (Å²) in [6, 6.07) is 0. The number of hydrogen-bond acceptors (Lipinski definition) is 13. The van der Waals surface area contributed by atoms with Crippen molar-refractivity contribution in [1.82, 2.24) is 4.90 Å². The molecule has 0 atom stereocenters. The largest absolute Gasteiger partial charge is 0.463 e. The van der Waals surface area contributed by atoms with Crippen LogP contribution in [0.4, 0.5) is 4.79 Å². The molecule has 0 saturated heterocycles. The van der Waals surface area contributed by atoms with E-state index in [2.05, 4.69) is 6.92 Å². The fourth-order valence-corrected chi connectivity index (χ4v) is 3.30. The lowest BCUT2D eigenvalue weighted by atomic mass is 10.2. The smallest absolute Gasteiger partial charge is 0.410 e. The van der Waals surface area contributed by atoms with Gasteiger partial charge in [0.2, 0.25) is 0 Å². The van der Waals surface area contributed by atoms with Gasteiger partial charge in [-0.25, -0.2) is 4.79 Å². The van der Waals surface area contributed by atoms with Crippen LogP contribution in [-0.2, 0) is 56.9 Å². The number of rotatable bonds is 34. The Bertz CT molecular complexity index is 679. The van der Waals surface area contributed by atoms with Gasteiger partial charge in [0.05, 0.1) is 119 Å². The van der Waals surface area contributed by atoms with Crippen molar-refractivity contribution in [1.29, 1.82) is 0 Å². The number of likely N-dealkylation sites (N-methyl/N-ethyl adjacent to an activating group) is 1. The first kappa shape index (κ1) is 44.4. The molecule has 0 aliphatic rings. The highest BCUT2D eigenvalue weighted by Crippen LogP contribution is 2.08. The minimum absolute atomic E-state index is 0.163. The van der Waals surface area contributed by atoms with Gasteiger partial charge in [0, 0.05) is 20.0 Å². The van der Waals surface area contributed by atoms with E-state index >= 15 is 0 Å². The molecule has 0 bridgehead atoms. The van der Waals surface area contributed by atoms with Gasteiger partial charge in [-0.3, -0.25) is 4.79 Å². The Morgan fingerprint density at radius 3 is 1.15 bits per heavy atom. The van der Waals surface area contributed by atoms with E-state index in [0.29, 0.717) is 132 Å². The predicted octanol–water partition coefficient (Wildman–Crippen LogP) is 3.13. The topological polar surface area (TPSA) is 139 Å². The summed E-state index contributed by atoms with van der Waals surface area (Å²) in [4.78, 5) is 24.8. The Morgan fingerprint density at radius 1 is 0.500 bits per heavy atom. The second kappa shape index (κ2) is 33.3. The highest BCUT2D eigenvalue weighted by molar-refractivity contribution is 5.69. The van der Waals surface area contributed by atoms with Gasteiger partial charge >= 0.3 is 12.1 Å². The second-order valence-corrected chi connectivity index (χ2v) is 11.1. The summed E-state index contributed by atoms with van der Waals surface area (Å²) in [6.07, 6.45) is 3.12. The summed E-state index contributed by atoms with van der Waals surface area (Å²) < 4.78 is 59.4. The Hall–Kier alpha value is -1.62. The first-order valence-electron chi connectivity index (χ1n) is 16.6. The van der Waals surface area contributed by atoms with Gasteiger partial charge in [0.25, 0.3) is 0 Å². The number of amides is 1. The van der Waals surface area contributed by atoms with E-state index in [1.807, 2.05) is 20.8 Å². The van der Waals surface area contributed by atoms with Crippen molar-refractivity contribution in [3.63, 3.8) is 0 Å². The number of carbonyl (C=O) groups is 2. The van der Waals surface area contributed by atoms with Crippen molar-refractivity contribution in [2.24, 2.45) is 0 Å². The normalized spacial score (nSPS) is 11.6. The third-order valence-corrected chi connectivity index (χ3v) is 5.73. The Balaban J connectivity index is 3.17. The number of ether oxygens (including phenoxy) is 11. The van der Waals surface area contributed by atoms with Gasteiger partial charge in [0.1, 0.15) is 12.2 Å². The Morgan fingerprint density at radius 2 is 0.826 bits per heavy atom. The van der Waals surface area contributed by atoms with E-state index in [-0.39, 0.29) is 18.7 Å². The molecule has 0 spiro atoms. The van der Waals surface area contributed by atoms with Crippen LogP contribution in [0.3, 0.4) is 0 Å². The molecule has 0 radical (unpaired) electrons. The summed E-state index contributed by atoms with van der Waals surface area (Å²) in [5, 5.41) is 0. The molecule has 0 unspecified atom stereocenters. The molecule has 0 aliphatic carbocycles. The van der Waals surface area contributed by atoms with Crippen molar-refractivity contribution >= 4 is 12.1 Å². The maximum atomic E-state index is 11.8. The first-order chi connectivity index (χ1) is 22.3. The van der Waals surface area contributed by atoms with Gasteiger partial charge in [-0.05, 0) is 27.2 Å². The predicted molar refractivity (Wildman–Crippen MR) is 171 cm³/mol. The lowest BCUT2D eigenvalue weighted by Crippen LogP contribution is -2.36. The monoisotopic (exact) mass is 669 g/mol. The minimum Gasteiger partial charge on any atom is -0.463 e. The number of nitrogens with zero attached hydrogens (tertiary/aromatic N) is 1. The van der Waals surface area contributed by atoms with E-state index in [1.165, 1.54) is 4.90 Å². The molecule has 0 fully saturated rings. The molecule has 0 heterocycles. The zero-order valence-corrected chi connectivity index (χ0v) is 29.2. The van der Waals surface area contributed by atoms with E-state index in [4.69, 9.17) is 52.1 Å².